The van der Waals surface area contributed by atoms with E-state index in [1.165, 1.54) is 0 Å². The van der Waals surface area contributed by atoms with Crippen LogP contribution in [0.2, 0.25) is 0 Å². The molecule has 3 atom stereocenters. The first-order chi connectivity index (χ1) is 13.4. The van der Waals surface area contributed by atoms with Gasteiger partial charge in [-0.25, -0.2) is 0 Å². The summed E-state index contributed by atoms with van der Waals surface area (Å²) in [5.74, 6) is -2.07. The molecule has 9 nitrogen and oxygen atoms in total. The summed E-state index contributed by atoms with van der Waals surface area (Å²) >= 11 is 0. The fraction of sp³-hybridized carbons (Fsp3) is 0.474. The van der Waals surface area contributed by atoms with E-state index in [1.807, 2.05) is 4.90 Å². The molecule has 148 valence electrons. The number of nitrogens with one attached hydrogen (secondary N) is 1. The van der Waals surface area contributed by atoms with E-state index in [1.54, 1.807) is 18.2 Å². The van der Waals surface area contributed by atoms with Crippen molar-refractivity contribution in [2.75, 3.05) is 13.1 Å². The Bertz CT molecular complexity index is 870. The second-order valence-electron chi connectivity index (χ2n) is 7.50. The molecule has 1 unspecified atom stereocenters. The van der Waals surface area contributed by atoms with E-state index >= 15 is 0 Å². The van der Waals surface area contributed by atoms with Crippen molar-refractivity contribution < 1.29 is 24.3 Å². The highest BCUT2D eigenvalue weighted by Crippen LogP contribution is 2.31. The van der Waals surface area contributed by atoms with Crippen molar-refractivity contribution >= 4 is 23.6 Å². The van der Waals surface area contributed by atoms with E-state index in [9.17, 15) is 24.3 Å². The molecule has 9 heteroatoms. The van der Waals surface area contributed by atoms with Crippen LogP contribution in [0.25, 0.3) is 0 Å². The van der Waals surface area contributed by atoms with Gasteiger partial charge in [0.05, 0.1) is 17.2 Å². The molecule has 1 aromatic rings. The molecule has 3 aliphatic heterocycles. The summed E-state index contributed by atoms with van der Waals surface area (Å²) in [6, 6.07) is 4.07. The number of hydrogen-bond acceptors (Lipinski definition) is 7. The average Bonchev–Trinajstić information content (AvgIpc) is 3.13. The van der Waals surface area contributed by atoms with Gasteiger partial charge < -0.3 is 10.8 Å². The second kappa shape index (κ2) is 7.08. The van der Waals surface area contributed by atoms with Gasteiger partial charge in [-0.1, -0.05) is 12.1 Å². The van der Waals surface area contributed by atoms with Crippen molar-refractivity contribution in [3.63, 3.8) is 0 Å². The minimum atomic E-state index is -0.983. The lowest BCUT2D eigenvalue weighted by Gasteiger charge is -2.28. The highest BCUT2D eigenvalue weighted by Gasteiger charge is 2.45. The number of nitrogens with two attached hydrogens (primary N) is 1. The maximum Gasteiger partial charge on any atom is 0.262 e. The van der Waals surface area contributed by atoms with Crippen LogP contribution < -0.4 is 11.1 Å². The quantitative estimate of drug-likeness (QED) is 0.564. The molecule has 2 fully saturated rings. The molecule has 1 aromatic carbocycles. The Hall–Kier alpha value is -2.62. The van der Waals surface area contributed by atoms with Crippen LogP contribution in [0.5, 0.6) is 0 Å². The number of carbonyl (C=O) groups excluding carboxylic acids is 4. The van der Waals surface area contributed by atoms with Crippen LogP contribution in [0, 0.1) is 0 Å². The topological polar surface area (TPSA) is 133 Å². The zero-order valence-corrected chi connectivity index (χ0v) is 15.3. The zero-order chi connectivity index (χ0) is 20.0. The highest BCUT2D eigenvalue weighted by molar-refractivity contribution is 6.24. The van der Waals surface area contributed by atoms with Gasteiger partial charge in [0.1, 0.15) is 6.04 Å². The fourth-order valence-corrected chi connectivity index (χ4v) is 4.33. The van der Waals surface area contributed by atoms with Crippen molar-refractivity contribution in [3.8, 4) is 0 Å². The fourth-order valence-electron chi connectivity index (χ4n) is 4.33. The molecule has 0 radical (unpaired) electrons. The zero-order valence-electron chi connectivity index (χ0n) is 15.3. The van der Waals surface area contributed by atoms with Crippen LogP contribution in [-0.4, -0.2) is 69.8 Å². The molecule has 4 N–H and O–H groups in total. The Morgan fingerprint density at radius 1 is 1.18 bits per heavy atom. The maximum atomic E-state index is 13.1. The summed E-state index contributed by atoms with van der Waals surface area (Å²) in [7, 11) is 0. The SMILES string of the molecule is NC[C@@H]1C[C@@H](O)CN1Cc1cccc2c1C(=O)N(C1CCC(=O)NC1=O)C2=O. The Morgan fingerprint density at radius 3 is 2.68 bits per heavy atom. The molecule has 0 bridgehead atoms. The predicted molar refractivity (Wildman–Crippen MR) is 97.0 cm³/mol. The van der Waals surface area contributed by atoms with Crippen LogP contribution in [-0.2, 0) is 16.1 Å². The predicted octanol–water partition coefficient (Wildman–Crippen LogP) is -1.02. The molecule has 0 spiro atoms. The first kappa shape index (κ1) is 18.7. The molecule has 4 rings (SSSR count). The first-order valence-corrected chi connectivity index (χ1v) is 9.36. The number of hydrogen-bond donors (Lipinski definition) is 3. The van der Waals surface area contributed by atoms with Gasteiger partial charge in [-0.05, 0) is 24.5 Å². The summed E-state index contributed by atoms with van der Waals surface area (Å²) in [6.07, 6.45) is 0.308. The number of aliphatic hydroxyl groups is 1. The van der Waals surface area contributed by atoms with Gasteiger partial charge in [-0.3, -0.25) is 34.3 Å². The maximum absolute atomic E-state index is 13.1. The summed E-state index contributed by atoms with van der Waals surface area (Å²) in [6.45, 7) is 1.22. The minimum absolute atomic E-state index is 0.00398. The van der Waals surface area contributed by atoms with Crippen molar-refractivity contribution in [1.29, 1.82) is 0 Å². The molecule has 0 aliphatic carbocycles. The van der Waals surface area contributed by atoms with E-state index < -0.39 is 35.8 Å². The highest BCUT2D eigenvalue weighted by atomic mass is 16.3. The van der Waals surface area contributed by atoms with Crippen LogP contribution in [0.4, 0.5) is 0 Å². The third-order valence-corrected chi connectivity index (χ3v) is 5.71. The van der Waals surface area contributed by atoms with Crippen molar-refractivity contribution in [2.24, 2.45) is 5.73 Å². The van der Waals surface area contributed by atoms with Crippen LogP contribution in [0.3, 0.4) is 0 Å². The Morgan fingerprint density at radius 2 is 1.96 bits per heavy atom. The van der Waals surface area contributed by atoms with Gasteiger partial charge in [-0.2, -0.15) is 0 Å². The molecule has 3 heterocycles. The lowest BCUT2D eigenvalue weighted by molar-refractivity contribution is -0.136. The van der Waals surface area contributed by atoms with Crippen LogP contribution in [0.1, 0.15) is 45.5 Å². The van der Waals surface area contributed by atoms with E-state index in [4.69, 9.17) is 5.73 Å². The lowest BCUT2D eigenvalue weighted by atomic mass is 10.0. The number of rotatable bonds is 4. The van der Waals surface area contributed by atoms with Gasteiger partial charge >= 0.3 is 0 Å². The average molecular weight is 386 g/mol. The Kier molecular flexibility index (Phi) is 4.74. The molecule has 0 aromatic heterocycles. The molecular weight excluding hydrogens is 364 g/mol. The summed E-state index contributed by atoms with van der Waals surface area (Å²) in [5.41, 5.74) is 7.01. The molecule has 4 amide bonds. The molecule has 2 saturated heterocycles. The molecule has 0 saturated carbocycles. The number of amides is 4. The number of β-amino-alcohol motifs (C(OH)–C–C–N with tert-alkyl or cyclic N) is 1. The molecular formula is C19H22N4O5. The van der Waals surface area contributed by atoms with E-state index in [2.05, 4.69) is 5.32 Å². The van der Waals surface area contributed by atoms with Crippen molar-refractivity contribution in [1.82, 2.24) is 15.1 Å². The number of likely N-dealkylation sites (tertiary alicyclic amines) is 1. The van der Waals surface area contributed by atoms with E-state index in [-0.39, 0.29) is 30.0 Å². The number of piperidine rings is 1. The number of nitrogens with zero attached hydrogens (tertiary/aromatic N) is 2. The van der Waals surface area contributed by atoms with Gasteiger partial charge in [0.15, 0.2) is 0 Å². The minimum Gasteiger partial charge on any atom is -0.392 e. The van der Waals surface area contributed by atoms with Gasteiger partial charge in [-0.15, -0.1) is 0 Å². The summed E-state index contributed by atoms with van der Waals surface area (Å²) in [5, 5.41) is 12.1. The number of benzene rings is 1. The number of carbonyl (C=O) groups is 4. The third kappa shape index (κ3) is 3.01. The number of fused-ring (bicyclic) bond motifs is 1. The van der Waals surface area contributed by atoms with Crippen molar-refractivity contribution in [3.05, 3.63) is 34.9 Å². The summed E-state index contributed by atoms with van der Waals surface area (Å²) in [4.78, 5) is 52.5. The normalized spacial score (nSPS) is 28.1. The Balaban J connectivity index is 1.63. The second-order valence-corrected chi connectivity index (χ2v) is 7.50. The molecule has 28 heavy (non-hydrogen) atoms. The van der Waals surface area contributed by atoms with E-state index in [0.29, 0.717) is 31.6 Å². The number of imide groups is 2. The van der Waals surface area contributed by atoms with Gasteiger partial charge in [0.25, 0.3) is 11.8 Å². The van der Waals surface area contributed by atoms with Gasteiger partial charge in [0.2, 0.25) is 11.8 Å². The third-order valence-electron chi connectivity index (χ3n) is 5.71. The summed E-state index contributed by atoms with van der Waals surface area (Å²) < 4.78 is 0. The smallest absolute Gasteiger partial charge is 0.262 e. The standard InChI is InChI=1S/C19H22N4O5/c20-7-11-6-12(24)9-22(11)8-10-2-1-3-13-16(10)19(28)23(18(13)27)14-4-5-15(25)21-17(14)26/h1-3,11-12,14,24H,4-9,20H2,(H,21,25,26)/t11-,12+,14?/m0/s1. The van der Waals surface area contributed by atoms with Crippen LogP contribution >= 0.6 is 0 Å². The van der Waals surface area contributed by atoms with Gasteiger partial charge in [0, 0.05) is 32.1 Å². The number of aliphatic hydroxyl groups excluding tert-OH is 1. The van der Waals surface area contributed by atoms with E-state index in [0.717, 1.165) is 4.90 Å². The largest absolute Gasteiger partial charge is 0.392 e. The van der Waals surface area contributed by atoms with Crippen LogP contribution in [0.15, 0.2) is 18.2 Å². The Labute approximate surface area is 161 Å². The first-order valence-electron chi connectivity index (χ1n) is 9.36. The molecule has 3 aliphatic rings. The lowest BCUT2D eigenvalue weighted by Crippen LogP contribution is -2.54. The van der Waals surface area contributed by atoms with Crippen molar-refractivity contribution in [2.45, 2.75) is 44.0 Å². The monoisotopic (exact) mass is 386 g/mol.